The van der Waals surface area contributed by atoms with Gasteiger partial charge >= 0.3 is 0 Å². The molecule has 1 N–H and O–H groups in total. The predicted molar refractivity (Wildman–Crippen MR) is 91.5 cm³/mol. The molecule has 0 radical (unpaired) electrons. The van der Waals surface area contributed by atoms with Crippen LogP contribution in [-0.4, -0.2) is 53.6 Å². The van der Waals surface area contributed by atoms with Gasteiger partial charge in [-0.1, -0.05) is 13.3 Å². The molecule has 0 bridgehead atoms. The molecule has 0 amide bonds. The molecule has 2 saturated heterocycles. The van der Waals surface area contributed by atoms with Crippen molar-refractivity contribution in [2.75, 3.05) is 42.9 Å². The summed E-state index contributed by atoms with van der Waals surface area (Å²) in [7, 11) is 0. The van der Waals surface area contributed by atoms with Crippen LogP contribution in [0.3, 0.4) is 0 Å². The second-order valence-electron chi connectivity index (χ2n) is 6.57. The van der Waals surface area contributed by atoms with Crippen molar-refractivity contribution in [1.29, 1.82) is 0 Å². The summed E-state index contributed by atoms with van der Waals surface area (Å²) in [4.78, 5) is 13.8. The Labute approximate surface area is 134 Å². The third-order valence-electron chi connectivity index (χ3n) is 4.85. The van der Waals surface area contributed by atoms with Crippen molar-refractivity contribution >= 4 is 11.6 Å². The lowest BCUT2D eigenvalue weighted by Crippen LogP contribution is -2.39. The number of anilines is 2. The van der Waals surface area contributed by atoms with E-state index < -0.39 is 0 Å². The largest absolute Gasteiger partial charge is 0.367 e. The minimum Gasteiger partial charge on any atom is -0.367 e. The zero-order valence-electron chi connectivity index (χ0n) is 13.8. The molecule has 22 heavy (non-hydrogen) atoms. The summed E-state index contributed by atoms with van der Waals surface area (Å²) in [5.74, 6) is 2.07. The molecule has 2 fully saturated rings. The van der Waals surface area contributed by atoms with Crippen LogP contribution in [0.4, 0.5) is 11.6 Å². The molecule has 0 aromatic carbocycles. The van der Waals surface area contributed by atoms with E-state index in [1.54, 1.807) is 6.33 Å². The van der Waals surface area contributed by atoms with Gasteiger partial charge < -0.3 is 15.1 Å². The maximum absolute atomic E-state index is 4.43. The van der Waals surface area contributed by atoms with Gasteiger partial charge in [0.2, 0.25) is 0 Å². The van der Waals surface area contributed by atoms with Gasteiger partial charge in [-0.05, 0) is 38.6 Å². The fraction of sp³-hybridized carbons (Fsp3) is 0.765. The standard InChI is InChI=1S/C17H29N5/c1-2-3-8-21-11-6-15(7-12-21)20-16-13-17(19-14-18-16)22-9-4-5-10-22/h13-15H,2-12H2,1H3,(H,18,19,20). The van der Waals surface area contributed by atoms with Gasteiger partial charge in [-0.15, -0.1) is 0 Å². The van der Waals surface area contributed by atoms with E-state index in [2.05, 4.69) is 38.1 Å². The van der Waals surface area contributed by atoms with Gasteiger partial charge in [-0.3, -0.25) is 0 Å². The normalized spacial score (nSPS) is 20.5. The molecule has 3 rings (SSSR count). The highest BCUT2D eigenvalue weighted by Gasteiger charge is 2.19. The van der Waals surface area contributed by atoms with Crippen molar-refractivity contribution in [1.82, 2.24) is 14.9 Å². The number of aromatic nitrogens is 2. The van der Waals surface area contributed by atoms with Crippen LogP contribution in [0.1, 0.15) is 45.4 Å². The molecule has 0 unspecified atom stereocenters. The van der Waals surface area contributed by atoms with Gasteiger partial charge in [0.15, 0.2) is 0 Å². The first-order chi connectivity index (χ1) is 10.8. The molecule has 0 spiro atoms. The van der Waals surface area contributed by atoms with Crippen LogP contribution >= 0.6 is 0 Å². The van der Waals surface area contributed by atoms with Crippen LogP contribution in [0.15, 0.2) is 12.4 Å². The Hall–Kier alpha value is -1.36. The quantitative estimate of drug-likeness (QED) is 0.875. The third-order valence-corrected chi connectivity index (χ3v) is 4.85. The molecule has 1 aromatic heterocycles. The van der Waals surface area contributed by atoms with E-state index in [9.17, 15) is 0 Å². The minimum absolute atomic E-state index is 0.555. The Morgan fingerprint density at radius 1 is 1.14 bits per heavy atom. The number of hydrogen-bond acceptors (Lipinski definition) is 5. The fourth-order valence-corrected chi connectivity index (χ4v) is 3.44. The first-order valence-electron chi connectivity index (χ1n) is 8.91. The number of hydrogen-bond donors (Lipinski definition) is 1. The van der Waals surface area contributed by atoms with Crippen molar-refractivity contribution in [3.63, 3.8) is 0 Å². The second-order valence-corrected chi connectivity index (χ2v) is 6.57. The van der Waals surface area contributed by atoms with Crippen LogP contribution in [0.25, 0.3) is 0 Å². The number of rotatable bonds is 6. The van der Waals surface area contributed by atoms with E-state index in [1.807, 2.05) is 0 Å². The first-order valence-corrected chi connectivity index (χ1v) is 8.91. The van der Waals surface area contributed by atoms with E-state index in [-0.39, 0.29) is 0 Å². The molecule has 1 aromatic rings. The van der Waals surface area contributed by atoms with Gasteiger partial charge in [0.05, 0.1) is 0 Å². The Morgan fingerprint density at radius 3 is 2.64 bits per heavy atom. The average molecular weight is 303 g/mol. The van der Waals surface area contributed by atoms with E-state index in [0.717, 1.165) is 24.7 Å². The Balaban J connectivity index is 1.50. The van der Waals surface area contributed by atoms with E-state index in [4.69, 9.17) is 0 Å². The highest BCUT2D eigenvalue weighted by Crippen LogP contribution is 2.21. The molecular weight excluding hydrogens is 274 g/mol. The Kier molecular flexibility index (Phi) is 5.48. The SMILES string of the molecule is CCCCN1CCC(Nc2cc(N3CCCC3)ncn2)CC1. The van der Waals surface area contributed by atoms with Crippen LogP contribution in [-0.2, 0) is 0 Å². The second kappa shape index (κ2) is 7.77. The minimum atomic E-state index is 0.555. The summed E-state index contributed by atoms with van der Waals surface area (Å²) >= 11 is 0. The fourth-order valence-electron chi connectivity index (χ4n) is 3.44. The lowest BCUT2D eigenvalue weighted by atomic mass is 10.0. The summed E-state index contributed by atoms with van der Waals surface area (Å²) in [6.45, 7) is 8.21. The molecule has 2 aliphatic rings. The van der Waals surface area contributed by atoms with Crippen molar-refractivity contribution in [3.8, 4) is 0 Å². The zero-order valence-corrected chi connectivity index (χ0v) is 13.8. The topological polar surface area (TPSA) is 44.3 Å². The van der Waals surface area contributed by atoms with Gasteiger partial charge in [-0.2, -0.15) is 0 Å². The zero-order chi connectivity index (χ0) is 15.2. The summed E-state index contributed by atoms with van der Waals surface area (Å²) < 4.78 is 0. The van der Waals surface area contributed by atoms with Crippen molar-refractivity contribution in [2.45, 2.75) is 51.5 Å². The Bertz CT molecular complexity index is 450. The smallest absolute Gasteiger partial charge is 0.134 e. The number of unbranched alkanes of at least 4 members (excludes halogenated alkanes) is 1. The summed E-state index contributed by atoms with van der Waals surface area (Å²) in [6, 6.07) is 2.67. The maximum atomic E-state index is 4.43. The van der Waals surface area contributed by atoms with Gasteiger partial charge in [0.25, 0.3) is 0 Å². The van der Waals surface area contributed by atoms with E-state index in [0.29, 0.717) is 6.04 Å². The predicted octanol–water partition coefficient (Wildman–Crippen LogP) is 2.75. The highest BCUT2D eigenvalue weighted by atomic mass is 15.2. The van der Waals surface area contributed by atoms with Crippen LogP contribution in [0.5, 0.6) is 0 Å². The maximum Gasteiger partial charge on any atom is 0.134 e. The molecule has 122 valence electrons. The molecule has 5 heteroatoms. The number of nitrogens with zero attached hydrogens (tertiary/aromatic N) is 4. The average Bonchev–Trinajstić information content (AvgIpc) is 3.09. The number of nitrogens with one attached hydrogen (secondary N) is 1. The highest BCUT2D eigenvalue weighted by molar-refractivity contribution is 5.49. The van der Waals surface area contributed by atoms with Crippen molar-refractivity contribution < 1.29 is 0 Å². The van der Waals surface area contributed by atoms with E-state index in [1.165, 1.54) is 58.2 Å². The number of likely N-dealkylation sites (tertiary alicyclic amines) is 1. The molecule has 0 atom stereocenters. The third kappa shape index (κ3) is 4.09. The molecule has 0 saturated carbocycles. The van der Waals surface area contributed by atoms with Crippen molar-refractivity contribution in [3.05, 3.63) is 12.4 Å². The van der Waals surface area contributed by atoms with Gasteiger partial charge in [-0.25, -0.2) is 9.97 Å². The lowest BCUT2D eigenvalue weighted by Gasteiger charge is -2.32. The number of piperidine rings is 1. The van der Waals surface area contributed by atoms with Crippen LogP contribution in [0.2, 0.25) is 0 Å². The lowest BCUT2D eigenvalue weighted by molar-refractivity contribution is 0.216. The molecule has 5 nitrogen and oxygen atoms in total. The summed E-state index contributed by atoms with van der Waals surface area (Å²) in [5.41, 5.74) is 0. The molecular formula is C17H29N5. The molecule has 0 aliphatic carbocycles. The Morgan fingerprint density at radius 2 is 1.91 bits per heavy atom. The molecule has 3 heterocycles. The van der Waals surface area contributed by atoms with Gasteiger partial charge in [0, 0.05) is 38.3 Å². The summed E-state index contributed by atoms with van der Waals surface area (Å²) in [5, 5.41) is 3.62. The summed E-state index contributed by atoms with van der Waals surface area (Å²) in [6.07, 6.45) is 9.31. The van der Waals surface area contributed by atoms with Gasteiger partial charge in [0.1, 0.15) is 18.0 Å². The van der Waals surface area contributed by atoms with Crippen LogP contribution in [0, 0.1) is 0 Å². The van der Waals surface area contributed by atoms with E-state index >= 15 is 0 Å². The van der Waals surface area contributed by atoms with Crippen molar-refractivity contribution in [2.24, 2.45) is 0 Å². The molecule has 2 aliphatic heterocycles. The van der Waals surface area contributed by atoms with Crippen LogP contribution < -0.4 is 10.2 Å². The first kappa shape index (κ1) is 15.5. The monoisotopic (exact) mass is 303 g/mol.